The van der Waals surface area contributed by atoms with Crippen molar-refractivity contribution in [2.75, 3.05) is 6.61 Å². The third-order valence-corrected chi connectivity index (χ3v) is 0.722. The van der Waals surface area contributed by atoms with Crippen LogP contribution in [0.1, 0.15) is 13.8 Å². The van der Waals surface area contributed by atoms with Crippen molar-refractivity contribution in [2.45, 2.75) is 19.4 Å². The van der Waals surface area contributed by atoms with Gasteiger partial charge in [-0.25, -0.2) is 0 Å². The molecule has 0 unspecified atom stereocenters. The van der Waals surface area contributed by atoms with Crippen LogP contribution in [0.15, 0.2) is 0 Å². The first-order valence-electron chi connectivity index (χ1n) is 1.99. The van der Waals surface area contributed by atoms with Crippen molar-refractivity contribution in [2.24, 2.45) is 0 Å². The molecule has 0 saturated carbocycles. The SMILES string of the molecule is CC1(C)CO1.II. The standard InChI is InChI=1S/C4H8O.I2/c1-4(2)3-5-4;1-2/h3H2,1-2H3;. The zero-order chi connectivity index (χ0) is 5.91. The molecule has 0 aromatic rings. The van der Waals surface area contributed by atoms with Crippen LogP contribution in [-0.4, -0.2) is 12.2 Å². The summed E-state index contributed by atoms with van der Waals surface area (Å²) in [6.07, 6.45) is 0. The van der Waals surface area contributed by atoms with Crippen molar-refractivity contribution in [1.82, 2.24) is 0 Å². The summed E-state index contributed by atoms with van der Waals surface area (Å²) in [5.74, 6) is 0. The molecule has 0 atom stereocenters. The summed E-state index contributed by atoms with van der Waals surface area (Å²) in [4.78, 5) is 0. The van der Waals surface area contributed by atoms with Crippen LogP contribution in [0.4, 0.5) is 0 Å². The fourth-order valence-corrected chi connectivity index (χ4v) is 0.144. The Morgan fingerprint density at radius 3 is 1.57 bits per heavy atom. The van der Waals surface area contributed by atoms with E-state index in [1.54, 1.807) is 0 Å². The lowest BCUT2D eigenvalue weighted by Gasteiger charge is -1.81. The molecule has 1 heterocycles. The predicted octanol–water partition coefficient (Wildman–Crippen LogP) is 2.57. The maximum Gasteiger partial charge on any atom is 0.0860 e. The van der Waals surface area contributed by atoms with E-state index in [0.29, 0.717) is 0 Å². The summed E-state index contributed by atoms with van der Waals surface area (Å²) < 4.78 is 4.90. The quantitative estimate of drug-likeness (QED) is 0.492. The van der Waals surface area contributed by atoms with E-state index in [1.165, 1.54) is 0 Å². The molecule has 1 nitrogen and oxygen atoms in total. The minimum absolute atomic E-state index is 0.250. The Hall–Kier alpha value is 1.42. The molecule has 1 aliphatic rings. The van der Waals surface area contributed by atoms with Crippen LogP contribution < -0.4 is 0 Å². The Balaban J connectivity index is 0.000000162. The van der Waals surface area contributed by atoms with Gasteiger partial charge in [0.25, 0.3) is 0 Å². The van der Waals surface area contributed by atoms with Gasteiger partial charge in [-0.15, -0.1) is 0 Å². The van der Waals surface area contributed by atoms with Crippen LogP contribution >= 0.6 is 37.2 Å². The van der Waals surface area contributed by atoms with E-state index >= 15 is 0 Å². The van der Waals surface area contributed by atoms with Crippen molar-refractivity contribution in [3.63, 3.8) is 0 Å². The van der Waals surface area contributed by atoms with E-state index in [1.807, 2.05) is 0 Å². The summed E-state index contributed by atoms with van der Waals surface area (Å²) in [6, 6.07) is 0. The molecule has 0 aromatic carbocycles. The van der Waals surface area contributed by atoms with Gasteiger partial charge in [-0.3, -0.25) is 0 Å². The van der Waals surface area contributed by atoms with E-state index in [2.05, 4.69) is 51.1 Å². The van der Waals surface area contributed by atoms with Gasteiger partial charge in [0, 0.05) is 37.2 Å². The first kappa shape index (κ1) is 8.42. The fourth-order valence-electron chi connectivity index (χ4n) is 0.144. The molecule has 0 radical (unpaired) electrons. The normalized spacial score (nSPS) is 22.3. The summed E-state index contributed by atoms with van der Waals surface area (Å²) in [5, 5.41) is 0. The predicted molar refractivity (Wildman–Crippen MR) is 48.1 cm³/mol. The highest BCUT2D eigenvalue weighted by molar-refractivity contribution is 15.0. The number of rotatable bonds is 0. The van der Waals surface area contributed by atoms with Crippen LogP contribution in [0.25, 0.3) is 0 Å². The van der Waals surface area contributed by atoms with Crippen LogP contribution in [0.3, 0.4) is 0 Å². The van der Waals surface area contributed by atoms with Crippen LogP contribution in [0, 0.1) is 0 Å². The molecular weight excluding hydrogens is 318 g/mol. The topological polar surface area (TPSA) is 12.5 Å². The molecule has 1 saturated heterocycles. The second-order valence-electron chi connectivity index (χ2n) is 2.05. The molecule has 1 fully saturated rings. The highest BCUT2D eigenvalue weighted by Gasteiger charge is 2.32. The van der Waals surface area contributed by atoms with E-state index in [9.17, 15) is 0 Å². The van der Waals surface area contributed by atoms with Gasteiger partial charge in [-0.2, -0.15) is 0 Å². The second-order valence-corrected chi connectivity index (χ2v) is 2.05. The summed E-state index contributed by atoms with van der Waals surface area (Å²) in [6.45, 7) is 5.10. The van der Waals surface area contributed by atoms with Gasteiger partial charge in [0.1, 0.15) is 0 Å². The lowest BCUT2D eigenvalue weighted by atomic mass is 10.3. The molecule has 1 rings (SSSR count). The monoisotopic (exact) mass is 326 g/mol. The molecule has 0 bridgehead atoms. The molecule has 7 heavy (non-hydrogen) atoms. The lowest BCUT2D eigenvalue weighted by Crippen LogP contribution is -1.90. The molecule has 0 amide bonds. The highest BCUT2D eigenvalue weighted by Crippen LogP contribution is 2.23. The Morgan fingerprint density at radius 2 is 1.57 bits per heavy atom. The van der Waals surface area contributed by atoms with Crippen molar-refractivity contribution in [1.29, 1.82) is 0 Å². The molecule has 0 aromatic heterocycles. The number of halogens is 2. The third kappa shape index (κ3) is 5.29. The second kappa shape index (κ2) is 3.45. The molecule has 1 aliphatic heterocycles. The Labute approximate surface area is 67.5 Å². The Bertz CT molecular complexity index is 47.7. The van der Waals surface area contributed by atoms with Gasteiger partial charge in [0.05, 0.1) is 12.2 Å². The Kier molecular flexibility index (Phi) is 4.15. The number of epoxide rings is 1. The van der Waals surface area contributed by atoms with Gasteiger partial charge in [-0.05, 0) is 13.8 Å². The van der Waals surface area contributed by atoms with Crippen molar-refractivity contribution >= 4 is 37.2 Å². The maximum atomic E-state index is 4.90. The molecule has 44 valence electrons. The molecule has 0 spiro atoms. The smallest absolute Gasteiger partial charge is 0.0860 e. The fraction of sp³-hybridized carbons (Fsp3) is 1.00. The first-order chi connectivity index (χ1) is 3.21. The van der Waals surface area contributed by atoms with Crippen molar-refractivity contribution < 1.29 is 4.74 Å². The molecular formula is C4H8I2O. The maximum absolute atomic E-state index is 4.90. The first-order valence-corrected chi connectivity index (χ1v) is 8.27. The summed E-state index contributed by atoms with van der Waals surface area (Å²) >= 11 is 4.24. The Morgan fingerprint density at radius 1 is 1.43 bits per heavy atom. The largest absolute Gasteiger partial charge is 0.370 e. The average Bonchev–Trinajstić information content (AvgIpc) is 2.26. The molecule has 0 aliphatic carbocycles. The molecule has 3 heteroatoms. The van der Waals surface area contributed by atoms with Gasteiger partial charge < -0.3 is 4.74 Å². The van der Waals surface area contributed by atoms with E-state index in [4.69, 9.17) is 4.74 Å². The number of hydrogen-bond donors (Lipinski definition) is 0. The highest BCUT2D eigenvalue weighted by atomic mass is 128. The van der Waals surface area contributed by atoms with Gasteiger partial charge in [0.15, 0.2) is 0 Å². The van der Waals surface area contributed by atoms with Crippen molar-refractivity contribution in [3.05, 3.63) is 0 Å². The third-order valence-electron chi connectivity index (χ3n) is 0.722. The van der Waals surface area contributed by atoms with E-state index in [0.717, 1.165) is 6.61 Å². The summed E-state index contributed by atoms with van der Waals surface area (Å²) in [7, 11) is 0. The summed E-state index contributed by atoms with van der Waals surface area (Å²) in [5.41, 5.74) is 0.250. The van der Waals surface area contributed by atoms with Gasteiger partial charge in [0.2, 0.25) is 0 Å². The van der Waals surface area contributed by atoms with Gasteiger partial charge >= 0.3 is 0 Å². The number of ether oxygens (including phenoxy) is 1. The van der Waals surface area contributed by atoms with Crippen LogP contribution in [0.5, 0.6) is 0 Å². The van der Waals surface area contributed by atoms with Crippen LogP contribution in [-0.2, 0) is 4.74 Å². The molecule has 0 N–H and O–H groups in total. The van der Waals surface area contributed by atoms with Crippen LogP contribution in [0.2, 0.25) is 0 Å². The number of hydrogen-bond acceptors (Lipinski definition) is 1. The average molecular weight is 326 g/mol. The minimum Gasteiger partial charge on any atom is -0.370 e. The lowest BCUT2D eigenvalue weighted by molar-refractivity contribution is 0.344. The zero-order valence-corrected chi connectivity index (χ0v) is 8.69. The van der Waals surface area contributed by atoms with E-state index < -0.39 is 0 Å². The zero-order valence-electron chi connectivity index (χ0n) is 4.37. The minimum atomic E-state index is 0.250. The van der Waals surface area contributed by atoms with Gasteiger partial charge in [-0.1, -0.05) is 0 Å². The van der Waals surface area contributed by atoms with Crippen molar-refractivity contribution in [3.8, 4) is 0 Å². The van der Waals surface area contributed by atoms with E-state index in [-0.39, 0.29) is 5.60 Å².